The summed E-state index contributed by atoms with van der Waals surface area (Å²) in [5.41, 5.74) is -0.226. The summed E-state index contributed by atoms with van der Waals surface area (Å²) >= 11 is 6.12. The van der Waals surface area contributed by atoms with Crippen molar-refractivity contribution in [3.05, 3.63) is 22.8 Å². The molecule has 1 aliphatic heterocycles. The van der Waals surface area contributed by atoms with Crippen LogP contribution in [0.25, 0.3) is 0 Å². The maximum absolute atomic E-state index is 12.6. The fourth-order valence-electron chi connectivity index (χ4n) is 2.52. The zero-order chi connectivity index (χ0) is 15.5. The maximum Gasteiger partial charge on any atom is 0.255 e. The zero-order valence-electron chi connectivity index (χ0n) is 12.5. The fraction of sp³-hybridized carbons (Fsp3) is 0.600. The number of aliphatic hydroxyl groups is 1. The molecule has 2 N–H and O–H groups in total. The number of aromatic nitrogens is 1. The van der Waals surface area contributed by atoms with E-state index in [0.29, 0.717) is 42.3 Å². The van der Waals surface area contributed by atoms with E-state index in [9.17, 15) is 9.90 Å². The Morgan fingerprint density at radius 3 is 3.00 bits per heavy atom. The van der Waals surface area contributed by atoms with E-state index in [-0.39, 0.29) is 5.91 Å². The average Bonchev–Trinajstić information content (AvgIpc) is 2.61. The third-order valence-electron chi connectivity index (χ3n) is 3.79. The molecule has 0 aliphatic carbocycles. The molecular formula is C15H22ClN3O2. The van der Waals surface area contributed by atoms with E-state index in [1.54, 1.807) is 11.0 Å². The van der Waals surface area contributed by atoms with Crippen LogP contribution in [0.4, 0.5) is 5.82 Å². The molecule has 1 aromatic rings. The summed E-state index contributed by atoms with van der Waals surface area (Å²) < 4.78 is 0. The maximum atomic E-state index is 12.6. The van der Waals surface area contributed by atoms with Crippen LogP contribution in [0.1, 0.15) is 43.5 Å². The second-order valence-corrected chi connectivity index (χ2v) is 6.13. The number of anilines is 1. The Kier molecular flexibility index (Phi) is 5.06. The number of pyridine rings is 1. The van der Waals surface area contributed by atoms with Gasteiger partial charge in [-0.25, -0.2) is 4.98 Å². The van der Waals surface area contributed by atoms with Crippen LogP contribution in [-0.2, 0) is 0 Å². The van der Waals surface area contributed by atoms with Crippen molar-refractivity contribution in [3.8, 4) is 0 Å². The number of hydrogen-bond donors (Lipinski definition) is 2. The van der Waals surface area contributed by atoms with E-state index in [0.717, 1.165) is 13.0 Å². The van der Waals surface area contributed by atoms with E-state index in [2.05, 4.69) is 10.3 Å². The van der Waals surface area contributed by atoms with Crippen molar-refractivity contribution in [1.82, 2.24) is 9.88 Å². The van der Waals surface area contributed by atoms with E-state index in [4.69, 9.17) is 11.6 Å². The van der Waals surface area contributed by atoms with Gasteiger partial charge in [0.1, 0.15) is 5.82 Å². The van der Waals surface area contributed by atoms with Gasteiger partial charge in [-0.15, -0.1) is 0 Å². The lowest BCUT2D eigenvalue weighted by Gasteiger charge is -2.23. The van der Waals surface area contributed by atoms with E-state index in [1.165, 1.54) is 6.20 Å². The molecular weight excluding hydrogens is 290 g/mol. The number of nitrogens with one attached hydrogen (secondary N) is 1. The first-order valence-electron chi connectivity index (χ1n) is 7.34. The number of rotatable bonds is 3. The number of halogens is 1. The minimum atomic E-state index is -0.688. The van der Waals surface area contributed by atoms with Gasteiger partial charge >= 0.3 is 0 Å². The average molecular weight is 312 g/mol. The van der Waals surface area contributed by atoms with E-state index in [1.807, 2.05) is 13.8 Å². The van der Waals surface area contributed by atoms with Crippen LogP contribution in [0.2, 0.25) is 5.02 Å². The van der Waals surface area contributed by atoms with E-state index < -0.39 is 5.60 Å². The first-order chi connectivity index (χ1) is 9.93. The lowest BCUT2D eigenvalue weighted by molar-refractivity contribution is 0.0438. The van der Waals surface area contributed by atoms with Crippen LogP contribution in [0, 0.1) is 0 Å². The van der Waals surface area contributed by atoms with Crippen molar-refractivity contribution in [2.75, 3.05) is 25.0 Å². The molecule has 0 spiro atoms. The van der Waals surface area contributed by atoms with Gasteiger partial charge in [0.25, 0.3) is 5.91 Å². The van der Waals surface area contributed by atoms with Crippen LogP contribution in [0.5, 0.6) is 0 Å². The smallest absolute Gasteiger partial charge is 0.255 e. The van der Waals surface area contributed by atoms with Crippen molar-refractivity contribution in [2.45, 2.75) is 38.7 Å². The van der Waals surface area contributed by atoms with Crippen molar-refractivity contribution in [1.29, 1.82) is 0 Å². The monoisotopic (exact) mass is 311 g/mol. The van der Waals surface area contributed by atoms with Crippen LogP contribution >= 0.6 is 11.6 Å². The summed E-state index contributed by atoms with van der Waals surface area (Å²) in [5.74, 6) is 0.548. The SMILES string of the molecule is CCNc1cc(C(=O)N2CCCC(C)(O)CC2)c(Cl)cn1. The molecule has 0 radical (unpaired) electrons. The van der Waals surface area contributed by atoms with E-state index >= 15 is 0 Å². The highest BCUT2D eigenvalue weighted by Gasteiger charge is 2.28. The molecule has 1 unspecified atom stereocenters. The summed E-state index contributed by atoms with van der Waals surface area (Å²) in [6, 6.07) is 1.69. The van der Waals surface area contributed by atoms with Crippen molar-refractivity contribution < 1.29 is 9.90 Å². The molecule has 1 saturated heterocycles. The Hall–Kier alpha value is -1.33. The Balaban J connectivity index is 2.17. The second kappa shape index (κ2) is 6.62. The highest BCUT2D eigenvalue weighted by molar-refractivity contribution is 6.33. The standard InChI is InChI=1S/C15H22ClN3O2/c1-3-17-13-9-11(12(16)10-18-13)14(20)19-7-4-5-15(2,21)6-8-19/h9-10,21H,3-8H2,1-2H3,(H,17,18). The Morgan fingerprint density at radius 1 is 1.52 bits per heavy atom. The molecule has 5 nitrogen and oxygen atoms in total. The molecule has 2 heterocycles. The van der Waals surface area contributed by atoms with Crippen LogP contribution in [0.3, 0.4) is 0 Å². The first-order valence-corrected chi connectivity index (χ1v) is 7.72. The Morgan fingerprint density at radius 2 is 2.29 bits per heavy atom. The topological polar surface area (TPSA) is 65.5 Å². The normalized spacial score (nSPS) is 22.8. The summed E-state index contributed by atoms with van der Waals surface area (Å²) in [7, 11) is 0. The lowest BCUT2D eigenvalue weighted by Crippen LogP contribution is -2.33. The minimum Gasteiger partial charge on any atom is -0.390 e. The molecule has 0 bridgehead atoms. The number of carbonyl (C=O) groups excluding carboxylic acids is 1. The Bertz CT molecular complexity index is 520. The second-order valence-electron chi connectivity index (χ2n) is 5.72. The van der Waals surface area contributed by atoms with Crippen molar-refractivity contribution >= 4 is 23.3 Å². The summed E-state index contributed by atoms with van der Waals surface area (Å²) in [4.78, 5) is 18.6. The summed E-state index contributed by atoms with van der Waals surface area (Å²) in [6.07, 6.45) is 3.59. The predicted molar refractivity (Wildman–Crippen MR) is 83.8 cm³/mol. The Labute approximate surface area is 130 Å². The van der Waals surface area contributed by atoms with Gasteiger partial charge in [-0.2, -0.15) is 0 Å². The van der Waals surface area contributed by atoms with Crippen molar-refractivity contribution in [3.63, 3.8) is 0 Å². The molecule has 2 rings (SSSR count). The van der Waals surface area contributed by atoms with Gasteiger partial charge in [0, 0.05) is 25.8 Å². The number of carbonyl (C=O) groups is 1. The summed E-state index contributed by atoms with van der Waals surface area (Å²) in [5, 5.41) is 13.5. The lowest BCUT2D eigenvalue weighted by atomic mass is 9.98. The highest BCUT2D eigenvalue weighted by atomic mass is 35.5. The molecule has 1 atom stereocenters. The molecule has 6 heteroatoms. The molecule has 116 valence electrons. The van der Waals surface area contributed by atoms with Crippen LogP contribution in [-0.4, -0.2) is 46.1 Å². The molecule has 0 saturated carbocycles. The number of likely N-dealkylation sites (tertiary alicyclic amines) is 1. The number of nitrogens with zero attached hydrogens (tertiary/aromatic N) is 2. The van der Waals surface area contributed by atoms with Gasteiger partial charge < -0.3 is 15.3 Å². The predicted octanol–water partition coefficient (Wildman–Crippen LogP) is 2.54. The van der Waals surface area contributed by atoms with Gasteiger partial charge in [0.2, 0.25) is 0 Å². The third kappa shape index (κ3) is 4.08. The molecule has 1 fully saturated rings. The molecule has 21 heavy (non-hydrogen) atoms. The number of hydrogen-bond acceptors (Lipinski definition) is 4. The van der Waals surface area contributed by atoms with Gasteiger partial charge in [0.05, 0.1) is 16.2 Å². The zero-order valence-corrected chi connectivity index (χ0v) is 13.3. The van der Waals surface area contributed by atoms with Crippen molar-refractivity contribution in [2.24, 2.45) is 0 Å². The summed E-state index contributed by atoms with van der Waals surface area (Å²) in [6.45, 7) is 5.71. The fourth-order valence-corrected chi connectivity index (χ4v) is 2.70. The quantitative estimate of drug-likeness (QED) is 0.900. The first kappa shape index (κ1) is 16.0. The van der Waals surface area contributed by atoms with Gasteiger partial charge in [-0.3, -0.25) is 4.79 Å². The molecule has 1 amide bonds. The molecule has 1 aliphatic rings. The van der Waals surface area contributed by atoms with Gasteiger partial charge in [0.15, 0.2) is 0 Å². The van der Waals surface area contributed by atoms with Gasteiger partial charge in [-0.1, -0.05) is 11.6 Å². The van der Waals surface area contributed by atoms with Gasteiger partial charge in [-0.05, 0) is 39.2 Å². The number of amides is 1. The third-order valence-corrected chi connectivity index (χ3v) is 4.10. The molecule has 1 aromatic heterocycles. The molecule has 0 aromatic carbocycles. The minimum absolute atomic E-state index is 0.0979. The highest BCUT2D eigenvalue weighted by Crippen LogP contribution is 2.25. The van der Waals surface area contributed by atoms with Crippen LogP contribution < -0.4 is 5.32 Å². The van der Waals surface area contributed by atoms with Crippen LogP contribution in [0.15, 0.2) is 12.3 Å². The largest absolute Gasteiger partial charge is 0.390 e.